The van der Waals surface area contributed by atoms with Crippen molar-refractivity contribution in [2.24, 2.45) is 11.7 Å². The Bertz CT molecular complexity index is 407. The van der Waals surface area contributed by atoms with Crippen LogP contribution >= 0.6 is 11.6 Å². The molecule has 1 amide bonds. The Hall–Kier alpha value is -1.06. The highest BCUT2D eigenvalue weighted by atomic mass is 35.5. The number of halogens is 1. The van der Waals surface area contributed by atoms with E-state index in [0.717, 1.165) is 5.56 Å². The van der Waals surface area contributed by atoms with Crippen molar-refractivity contribution in [1.29, 1.82) is 0 Å². The molecule has 0 bridgehead atoms. The largest absolute Gasteiger partial charge is 0.337 e. The molecule has 1 rings (SSSR count). The summed E-state index contributed by atoms with van der Waals surface area (Å²) in [5.41, 5.74) is 6.92. The number of benzene rings is 1. The summed E-state index contributed by atoms with van der Waals surface area (Å²) >= 11 is 5.94. The van der Waals surface area contributed by atoms with Crippen LogP contribution in [0, 0.1) is 5.92 Å². The molecule has 100 valence electrons. The van der Waals surface area contributed by atoms with Crippen LogP contribution in [-0.4, -0.2) is 23.4 Å². The van der Waals surface area contributed by atoms with Gasteiger partial charge < -0.3 is 10.6 Å². The Kier molecular flexibility index (Phi) is 5.63. The Morgan fingerprint density at radius 3 is 2.61 bits per heavy atom. The summed E-state index contributed by atoms with van der Waals surface area (Å²) in [6, 6.07) is 7.10. The van der Waals surface area contributed by atoms with Crippen molar-refractivity contribution in [3.63, 3.8) is 0 Å². The molecule has 0 aromatic heterocycles. The zero-order chi connectivity index (χ0) is 13.7. The first kappa shape index (κ1) is 15.0. The standard InChI is InChI=1S/C14H21ClN2O/c1-4-17(14(18)13(16)10(2)3)9-11-6-5-7-12(15)8-11/h5-8,10,13H,4,9,16H2,1-3H3/t13-/m1/s1. The van der Waals surface area contributed by atoms with Gasteiger partial charge in [0.1, 0.15) is 0 Å². The minimum absolute atomic E-state index is 0.00697. The van der Waals surface area contributed by atoms with Crippen LogP contribution in [0.4, 0.5) is 0 Å². The summed E-state index contributed by atoms with van der Waals surface area (Å²) in [7, 11) is 0. The number of amides is 1. The monoisotopic (exact) mass is 268 g/mol. The highest BCUT2D eigenvalue weighted by Gasteiger charge is 2.22. The van der Waals surface area contributed by atoms with Gasteiger partial charge in [0.15, 0.2) is 0 Å². The lowest BCUT2D eigenvalue weighted by Gasteiger charge is -2.26. The predicted molar refractivity (Wildman–Crippen MR) is 75.4 cm³/mol. The molecule has 0 fully saturated rings. The van der Waals surface area contributed by atoms with Gasteiger partial charge in [-0.3, -0.25) is 4.79 Å². The highest BCUT2D eigenvalue weighted by molar-refractivity contribution is 6.30. The third kappa shape index (κ3) is 4.00. The fourth-order valence-electron chi connectivity index (χ4n) is 1.70. The molecule has 0 radical (unpaired) electrons. The van der Waals surface area contributed by atoms with Gasteiger partial charge in [-0.05, 0) is 30.5 Å². The van der Waals surface area contributed by atoms with Gasteiger partial charge in [0.05, 0.1) is 6.04 Å². The van der Waals surface area contributed by atoms with Crippen LogP contribution in [0.15, 0.2) is 24.3 Å². The third-order valence-corrected chi connectivity index (χ3v) is 3.19. The molecule has 0 aliphatic heterocycles. The van der Waals surface area contributed by atoms with Crippen LogP contribution in [-0.2, 0) is 11.3 Å². The molecule has 0 unspecified atom stereocenters. The van der Waals surface area contributed by atoms with Gasteiger partial charge in [0.25, 0.3) is 0 Å². The van der Waals surface area contributed by atoms with Gasteiger partial charge in [-0.1, -0.05) is 37.6 Å². The summed E-state index contributed by atoms with van der Waals surface area (Å²) in [6.07, 6.45) is 0. The molecule has 18 heavy (non-hydrogen) atoms. The SMILES string of the molecule is CCN(Cc1cccc(Cl)c1)C(=O)[C@H](N)C(C)C. The van der Waals surface area contributed by atoms with Crippen LogP contribution in [0.3, 0.4) is 0 Å². The first-order chi connectivity index (χ1) is 8.45. The average molecular weight is 269 g/mol. The molecule has 2 N–H and O–H groups in total. The smallest absolute Gasteiger partial charge is 0.240 e. The van der Waals surface area contributed by atoms with Gasteiger partial charge in [-0.2, -0.15) is 0 Å². The third-order valence-electron chi connectivity index (χ3n) is 2.96. The number of likely N-dealkylation sites (N-methyl/N-ethyl adjacent to an activating group) is 1. The molecule has 0 spiro atoms. The molecule has 0 saturated heterocycles. The second-order valence-electron chi connectivity index (χ2n) is 4.75. The molecule has 0 saturated carbocycles. The highest BCUT2D eigenvalue weighted by Crippen LogP contribution is 2.14. The zero-order valence-corrected chi connectivity index (χ0v) is 11.9. The normalized spacial score (nSPS) is 12.6. The van der Waals surface area contributed by atoms with Crippen LogP contribution in [0.25, 0.3) is 0 Å². The van der Waals surface area contributed by atoms with E-state index >= 15 is 0 Å². The van der Waals surface area contributed by atoms with E-state index < -0.39 is 6.04 Å². The number of carbonyl (C=O) groups excluding carboxylic acids is 1. The summed E-state index contributed by atoms with van der Waals surface area (Å²) in [5.74, 6) is 0.137. The Morgan fingerprint density at radius 1 is 1.44 bits per heavy atom. The summed E-state index contributed by atoms with van der Waals surface area (Å²) in [5, 5.41) is 0.684. The number of rotatable bonds is 5. The van der Waals surface area contributed by atoms with E-state index in [4.69, 9.17) is 17.3 Å². The average Bonchev–Trinajstić information content (AvgIpc) is 2.34. The van der Waals surface area contributed by atoms with Gasteiger partial charge in [0, 0.05) is 18.1 Å². The van der Waals surface area contributed by atoms with Crippen molar-refractivity contribution >= 4 is 17.5 Å². The molecule has 1 aromatic carbocycles. The van der Waals surface area contributed by atoms with E-state index in [-0.39, 0.29) is 11.8 Å². The van der Waals surface area contributed by atoms with E-state index in [2.05, 4.69) is 0 Å². The maximum atomic E-state index is 12.2. The lowest BCUT2D eigenvalue weighted by atomic mass is 10.0. The summed E-state index contributed by atoms with van der Waals surface area (Å²) < 4.78 is 0. The van der Waals surface area contributed by atoms with E-state index in [1.807, 2.05) is 45.0 Å². The zero-order valence-electron chi connectivity index (χ0n) is 11.2. The predicted octanol–water partition coefficient (Wildman–Crippen LogP) is 2.67. The van der Waals surface area contributed by atoms with Crippen molar-refractivity contribution in [3.05, 3.63) is 34.9 Å². The van der Waals surface area contributed by atoms with Gasteiger partial charge >= 0.3 is 0 Å². The van der Waals surface area contributed by atoms with Crippen LogP contribution in [0.2, 0.25) is 5.02 Å². The topological polar surface area (TPSA) is 46.3 Å². The molecule has 0 aliphatic carbocycles. The lowest BCUT2D eigenvalue weighted by molar-refractivity contribution is -0.134. The van der Waals surface area contributed by atoms with E-state index in [0.29, 0.717) is 18.1 Å². The van der Waals surface area contributed by atoms with Crippen LogP contribution in [0.1, 0.15) is 26.3 Å². The molecule has 0 heterocycles. The van der Waals surface area contributed by atoms with E-state index in [9.17, 15) is 4.79 Å². The van der Waals surface area contributed by atoms with Crippen molar-refractivity contribution in [1.82, 2.24) is 4.90 Å². The van der Waals surface area contributed by atoms with Crippen molar-refractivity contribution in [3.8, 4) is 0 Å². The first-order valence-corrected chi connectivity index (χ1v) is 6.62. The number of carbonyl (C=O) groups is 1. The number of nitrogens with two attached hydrogens (primary N) is 1. The van der Waals surface area contributed by atoms with Gasteiger partial charge in [-0.15, -0.1) is 0 Å². The van der Waals surface area contributed by atoms with Crippen molar-refractivity contribution in [2.75, 3.05) is 6.54 Å². The fourth-order valence-corrected chi connectivity index (χ4v) is 1.91. The Balaban J connectivity index is 2.76. The Morgan fingerprint density at radius 2 is 2.11 bits per heavy atom. The summed E-state index contributed by atoms with van der Waals surface area (Å²) in [4.78, 5) is 13.9. The number of hydrogen-bond acceptors (Lipinski definition) is 2. The van der Waals surface area contributed by atoms with Crippen molar-refractivity contribution in [2.45, 2.75) is 33.4 Å². The fraction of sp³-hybridized carbons (Fsp3) is 0.500. The Labute approximate surface area is 114 Å². The maximum Gasteiger partial charge on any atom is 0.240 e. The number of hydrogen-bond donors (Lipinski definition) is 1. The molecular weight excluding hydrogens is 248 g/mol. The molecule has 0 aliphatic rings. The van der Waals surface area contributed by atoms with Gasteiger partial charge in [-0.25, -0.2) is 0 Å². The maximum absolute atomic E-state index is 12.2. The summed E-state index contributed by atoms with van der Waals surface area (Å²) in [6.45, 7) is 7.06. The van der Waals surface area contributed by atoms with Crippen LogP contribution in [0.5, 0.6) is 0 Å². The number of nitrogens with zero attached hydrogens (tertiary/aromatic N) is 1. The minimum Gasteiger partial charge on any atom is -0.337 e. The molecule has 1 aromatic rings. The molecular formula is C14H21ClN2O. The van der Waals surface area contributed by atoms with E-state index in [1.165, 1.54) is 0 Å². The molecule has 1 atom stereocenters. The molecule has 4 heteroatoms. The van der Waals surface area contributed by atoms with Crippen LogP contribution < -0.4 is 5.73 Å². The second-order valence-corrected chi connectivity index (χ2v) is 5.19. The van der Waals surface area contributed by atoms with Gasteiger partial charge in [0.2, 0.25) is 5.91 Å². The lowest BCUT2D eigenvalue weighted by Crippen LogP contribution is -2.46. The van der Waals surface area contributed by atoms with E-state index in [1.54, 1.807) is 4.90 Å². The van der Waals surface area contributed by atoms with Crippen molar-refractivity contribution < 1.29 is 4.79 Å². The quantitative estimate of drug-likeness (QED) is 0.892. The molecule has 3 nitrogen and oxygen atoms in total. The minimum atomic E-state index is -0.441. The first-order valence-electron chi connectivity index (χ1n) is 6.24. The second kappa shape index (κ2) is 6.76.